The lowest BCUT2D eigenvalue weighted by Gasteiger charge is -2.26. The molecule has 26 heavy (non-hydrogen) atoms. The molecule has 0 radical (unpaired) electrons. The van der Waals surface area contributed by atoms with Gasteiger partial charge in [-0.05, 0) is 40.8 Å². The molecular formula is C17H16N6O2S. The van der Waals surface area contributed by atoms with Crippen LogP contribution in [0.4, 0.5) is 0 Å². The molecule has 2 N–H and O–H groups in total. The van der Waals surface area contributed by atoms with E-state index in [0.29, 0.717) is 30.0 Å². The Morgan fingerprint density at radius 1 is 1.19 bits per heavy atom. The zero-order valence-corrected chi connectivity index (χ0v) is 14.6. The minimum Gasteiger partial charge on any atom is -0.366 e. The first-order valence-electron chi connectivity index (χ1n) is 8.11. The molecular weight excluding hydrogens is 352 g/mol. The Balaban J connectivity index is 1.43. The van der Waals surface area contributed by atoms with Gasteiger partial charge in [0.1, 0.15) is 6.54 Å². The largest absolute Gasteiger partial charge is 0.366 e. The van der Waals surface area contributed by atoms with Crippen molar-refractivity contribution in [1.82, 2.24) is 25.1 Å². The summed E-state index contributed by atoms with van der Waals surface area (Å²) >= 11 is 1.74. The average molecular weight is 368 g/mol. The SMILES string of the molecule is NC(=O)c1ccc(-c2nnn(CC(=O)N3CCc4sccc4C3)n2)cc1. The third-order valence-corrected chi connectivity index (χ3v) is 5.34. The summed E-state index contributed by atoms with van der Waals surface area (Å²) in [7, 11) is 0. The van der Waals surface area contributed by atoms with E-state index < -0.39 is 5.91 Å². The van der Waals surface area contributed by atoms with Crippen LogP contribution in [-0.4, -0.2) is 43.5 Å². The predicted molar refractivity (Wildman–Crippen MR) is 95.2 cm³/mol. The molecule has 3 aromatic rings. The molecule has 1 aliphatic heterocycles. The van der Waals surface area contributed by atoms with Crippen molar-refractivity contribution in [3.05, 3.63) is 51.7 Å². The summed E-state index contributed by atoms with van der Waals surface area (Å²) in [6, 6.07) is 8.68. The highest BCUT2D eigenvalue weighted by Gasteiger charge is 2.22. The first kappa shape index (κ1) is 16.4. The zero-order chi connectivity index (χ0) is 18.1. The number of rotatable bonds is 4. The Kier molecular flexibility index (Phi) is 4.21. The Morgan fingerprint density at radius 2 is 2.00 bits per heavy atom. The highest BCUT2D eigenvalue weighted by atomic mass is 32.1. The minimum absolute atomic E-state index is 0.0325. The smallest absolute Gasteiger partial charge is 0.248 e. The molecule has 4 rings (SSSR count). The van der Waals surface area contributed by atoms with Crippen LogP contribution in [0.15, 0.2) is 35.7 Å². The first-order chi connectivity index (χ1) is 12.6. The number of fused-ring (bicyclic) bond motifs is 1. The van der Waals surface area contributed by atoms with Crippen LogP contribution in [-0.2, 0) is 24.3 Å². The van der Waals surface area contributed by atoms with Crippen molar-refractivity contribution in [2.75, 3.05) is 6.54 Å². The van der Waals surface area contributed by atoms with Gasteiger partial charge in [0.05, 0.1) is 0 Å². The number of primary amides is 1. The second kappa shape index (κ2) is 6.68. The first-order valence-corrected chi connectivity index (χ1v) is 8.99. The van der Waals surface area contributed by atoms with Gasteiger partial charge >= 0.3 is 0 Å². The highest BCUT2D eigenvalue weighted by molar-refractivity contribution is 7.10. The van der Waals surface area contributed by atoms with Gasteiger partial charge in [-0.2, -0.15) is 4.80 Å². The summed E-state index contributed by atoms with van der Waals surface area (Å²) in [4.78, 5) is 28.1. The van der Waals surface area contributed by atoms with Crippen molar-refractivity contribution >= 4 is 23.2 Å². The van der Waals surface area contributed by atoms with Crippen LogP contribution in [0.1, 0.15) is 20.8 Å². The topological polar surface area (TPSA) is 107 Å². The van der Waals surface area contributed by atoms with Gasteiger partial charge in [-0.25, -0.2) is 0 Å². The van der Waals surface area contributed by atoms with Crippen molar-refractivity contribution < 1.29 is 9.59 Å². The summed E-state index contributed by atoms with van der Waals surface area (Å²) in [5.41, 5.74) is 7.56. The Hall–Kier alpha value is -3.07. The maximum atomic E-state index is 12.5. The summed E-state index contributed by atoms with van der Waals surface area (Å²) in [6.07, 6.45) is 0.890. The molecule has 132 valence electrons. The molecule has 8 nitrogen and oxygen atoms in total. The molecule has 0 saturated carbocycles. The molecule has 1 aliphatic rings. The molecule has 1 aromatic carbocycles. The molecule has 0 fully saturated rings. The van der Waals surface area contributed by atoms with E-state index in [0.717, 1.165) is 6.42 Å². The van der Waals surface area contributed by atoms with E-state index in [2.05, 4.69) is 26.9 Å². The standard InChI is InChI=1S/C17H16N6O2S/c18-16(25)11-1-3-12(4-2-11)17-19-21-23(20-17)10-15(24)22-7-5-14-13(9-22)6-8-26-14/h1-4,6,8H,5,7,9-10H2,(H2,18,25). The van der Waals surface area contributed by atoms with Gasteiger partial charge in [-0.1, -0.05) is 12.1 Å². The molecule has 0 saturated heterocycles. The fourth-order valence-corrected chi connectivity index (χ4v) is 3.78. The number of carbonyl (C=O) groups excluding carboxylic acids is 2. The van der Waals surface area contributed by atoms with E-state index in [1.165, 1.54) is 15.2 Å². The van der Waals surface area contributed by atoms with Gasteiger partial charge in [-0.3, -0.25) is 9.59 Å². The van der Waals surface area contributed by atoms with Crippen molar-refractivity contribution in [2.45, 2.75) is 19.5 Å². The number of hydrogen-bond donors (Lipinski definition) is 1. The Bertz CT molecular complexity index is 962. The third kappa shape index (κ3) is 3.21. The van der Waals surface area contributed by atoms with Crippen LogP contribution < -0.4 is 5.73 Å². The van der Waals surface area contributed by atoms with Crippen molar-refractivity contribution in [2.24, 2.45) is 5.73 Å². The van der Waals surface area contributed by atoms with Crippen LogP contribution in [0.3, 0.4) is 0 Å². The highest BCUT2D eigenvalue weighted by Crippen LogP contribution is 2.24. The van der Waals surface area contributed by atoms with Gasteiger partial charge in [0.2, 0.25) is 17.6 Å². The van der Waals surface area contributed by atoms with E-state index >= 15 is 0 Å². The third-order valence-electron chi connectivity index (χ3n) is 4.32. The lowest BCUT2D eigenvalue weighted by molar-refractivity contribution is -0.133. The molecule has 0 atom stereocenters. The van der Waals surface area contributed by atoms with Crippen molar-refractivity contribution in [3.63, 3.8) is 0 Å². The maximum absolute atomic E-state index is 12.5. The number of aromatic nitrogens is 4. The fourth-order valence-electron chi connectivity index (χ4n) is 2.89. The van der Waals surface area contributed by atoms with E-state index in [-0.39, 0.29) is 12.5 Å². The fraction of sp³-hybridized carbons (Fsp3) is 0.235. The van der Waals surface area contributed by atoms with Gasteiger partial charge in [-0.15, -0.1) is 21.5 Å². The lowest BCUT2D eigenvalue weighted by atomic mass is 10.1. The average Bonchev–Trinajstić information content (AvgIpc) is 3.30. The van der Waals surface area contributed by atoms with E-state index in [1.54, 1.807) is 35.6 Å². The van der Waals surface area contributed by atoms with Crippen LogP contribution in [0.5, 0.6) is 0 Å². The molecule has 0 unspecified atom stereocenters. The second-order valence-corrected chi connectivity index (χ2v) is 7.02. The van der Waals surface area contributed by atoms with Crippen molar-refractivity contribution in [3.8, 4) is 11.4 Å². The molecule has 2 aromatic heterocycles. The van der Waals surface area contributed by atoms with E-state index in [4.69, 9.17) is 5.73 Å². The number of benzene rings is 1. The van der Waals surface area contributed by atoms with E-state index in [9.17, 15) is 9.59 Å². The molecule has 0 bridgehead atoms. The van der Waals surface area contributed by atoms with Crippen LogP contribution >= 0.6 is 11.3 Å². The zero-order valence-electron chi connectivity index (χ0n) is 13.8. The second-order valence-electron chi connectivity index (χ2n) is 6.02. The monoisotopic (exact) mass is 368 g/mol. The summed E-state index contributed by atoms with van der Waals surface area (Å²) in [5.74, 6) is -0.128. The van der Waals surface area contributed by atoms with Crippen molar-refractivity contribution in [1.29, 1.82) is 0 Å². The van der Waals surface area contributed by atoms with Gasteiger partial charge in [0, 0.05) is 29.1 Å². The normalized spacial score (nSPS) is 13.5. The number of carbonyl (C=O) groups is 2. The number of hydrogen-bond acceptors (Lipinski definition) is 6. The molecule has 0 aliphatic carbocycles. The summed E-state index contributed by atoms with van der Waals surface area (Å²) < 4.78 is 0. The predicted octanol–water partition coefficient (Wildman–Crippen LogP) is 1.09. The van der Waals surface area contributed by atoms with Gasteiger partial charge in [0.15, 0.2) is 0 Å². The minimum atomic E-state index is -0.492. The Morgan fingerprint density at radius 3 is 2.77 bits per heavy atom. The molecule has 3 heterocycles. The van der Waals surface area contributed by atoms with Crippen LogP contribution in [0.2, 0.25) is 0 Å². The Labute approximate surface area is 153 Å². The maximum Gasteiger partial charge on any atom is 0.248 e. The summed E-state index contributed by atoms with van der Waals surface area (Å²) in [6.45, 7) is 1.39. The number of thiophene rings is 1. The van der Waals surface area contributed by atoms with Gasteiger partial charge < -0.3 is 10.6 Å². The van der Waals surface area contributed by atoms with Crippen LogP contribution in [0.25, 0.3) is 11.4 Å². The van der Waals surface area contributed by atoms with E-state index in [1.807, 2.05) is 4.90 Å². The molecule has 9 heteroatoms. The molecule has 0 spiro atoms. The molecule has 2 amide bonds. The van der Waals surface area contributed by atoms with Gasteiger partial charge in [0.25, 0.3) is 0 Å². The number of nitrogens with zero attached hydrogens (tertiary/aromatic N) is 5. The quantitative estimate of drug-likeness (QED) is 0.742. The number of tetrazole rings is 1. The number of nitrogens with two attached hydrogens (primary N) is 1. The number of amides is 2. The lowest BCUT2D eigenvalue weighted by Crippen LogP contribution is -2.37. The summed E-state index contributed by atoms with van der Waals surface area (Å²) in [5, 5.41) is 14.3. The van der Waals surface area contributed by atoms with Crippen LogP contribution in [0, 0.1) is 0 Å².